The summed E-state index contributed by atoms with van der Waals surface area (Å²) < 4.78 is 5.10. The molecule has 2 rings (SSSR count). The second kappa shape index (κ2) is 6.14. The summed E-state index contributed by atoms with van der Waals surface area (Å²) in [5.41, 5.74) is 1.77. The topological polar surface area (TPSA) is 51.6 Å². The molecule has 2 aromatic heterocycles. The van der Waals surface area contributed by atoms with E-state index in [1.165, 1.54) is 11.5 Å². The van der Waals surface area contributed by atoms with Gasteiger partial charge in [-0.2, -0.15) is 4.37 Å². The number of hydrogen-bond donors (Lipinski definition) is 0. The van der Waals surface area contributed by atoms with Gasteiger partial charge >= 0.3 is 0 Å². The average molecular weight is 321 g/mol. The van der Waals surface area contributed by atoms with E-state index < -0.39 is 0 Å². The lowest BCUT2D eigenvalue weighted by molar-refractivity contribution is 1.00. The van der Waals surface area contributed by atoms with Crippen molar-refractivity contribution in [1.29, 1.82) is 0 Å². The zero-order valence-corrected chi connectivity index (χ0v) is 12.9. The van der Waals surface area contributed by atoms with Crippen LogP contribution < -0.4 is 0 Å². The molecule has 0 aliphatic carbocycles. The van der Waals surface area contributed by atoms with Crippen LogP contribution in [0.5, 0.6) is 0 Å². The van der Waals surface area contributed by atoms with Gasteiger partial charge in [-0.15, -0.1) is 0 Å². The average Bonchev–Trinajstić information content (AvgIpc) is 2.68. The highest BCUT2D eigenvalue weighted by Gasteiger charge is 2.10. The van der Waals surface area contributed by atoms with Crippen LogP contribution in [0.25, 0.3) is 0 Å². The summed E-state index contributed by atoms with van der Waals surface area (Å²) in [6, 6.07) is 0. The van der Waals surface area contributed by atoms with E-state index in [-0.39, 0.29) is 5.28 Å². The minimum atomic E-state index is 0.189. The lowest BCUT2D eigenvalue weighted by Gasteiger charge is -2.06. The molecule has 96 valence electrons. The van der Waals surface area contributed by atoms with Crippen molar-refractivity contribution in [3.8, 4) is 0 Å². The van der Waals surface area contributed by atoms with Crippen LogP contribution in [0.1, 0.15) is 17.1 Å². The first-order chi connectivity index (χ1) is 8.56. The first-order valence-electron chi connectivity index (χ1n) is 5.18. The van der Waals surface area contributed by atoms with Crippen molar-refractivity contribution in [2.45, 2.75) is 24.6 Å². The van der Waals surface area contributed by atoms with Crippen molar-refractivity contribution in [2.75, 3.05) is 5.75 Å². The molecule has 0 fully saturated rings. The molecule has 0 saturated carbocycles. The number of hydrogen-bond acceptors (Lipinski definition) is 6. The summed E-state index contributed by atoms with van der Waals surface area (Å²) in [5.74, 6) is 1.67. The van der Waals surface area contributed by atoms with Crippen molar-refractivity contribution in [3.63, 3.8) is 0 Å². The molecule has 2 aromatic rings. The summed E-state index contributed by atoms with van der Waals surface area (Å²) in [4.78, 5) is 12.3. The number of nitrogens with zero attached hydrogens (tertiary/aromatic N) is 4. The van der Waals surface area contributed by atoms with Crippen LogP contribution in [-0.4, -0.2) is 25.1 Å². The molecule has 0 atom stereocenters. The smallest absolute Gasteiger partial charge is 0.223 e. The van der Waals surface area contributed by atoms with Gasteiger partial charge in [-0.3, -0.25) is 0 Å². The Bertz CT molecular complexity index is 536. The molecule has 8 heteroatoms. The van der Waals surface area contributed by atoms with E-state index in [1.54, 1.807) is 11.8 Å². The highest BCUT2D eigenvalue weighted by atomic mass is 35.5. The third-order valence-corrected chi connectivity index (χ3v) is 4.63. The van der Waals surface area contributed by atoms with Gasteiger partial charge in [0.05, 0.1) is 0 Å². The Morgan fingerprint density at radius 1 is 1.17 bits per heavy atom. The molecule has 0 spiro atoms. The van der Waals surface area contributed by atoms with E-state index in [1.807, 2.05) is 13.8 Å². The fraction of sp³-hybridized carbons (Fsp3) is 0.400. The van der Waals surface area contributed by atoms with Gasteiger partial charge in [-0.05, 0) is 43.4 Å². The maximum absolute atomic E-state index is 6.05. The number of rotatable bonds is 4. The van der Waals surface area contributed by atoms with E-state index >= 15 is 0 Å². The first-order valence-corrected chi connectivity index (χ1v) is 7.69. The van der Waals surface area contributed by atoms with Crippen LogP contribution in [0.3, 0.4) is 0 Å². The monoisotopic (exact) mass is 320 g/mol. The molecule has 18 heavy (non-hydrogen) atoms. The summed E-state index contributed by atoms with van der Waals surface area (Å²) in [7, 11) is 0. The largest absolute Gasteiger partial charge is 0.224 e. The van der Waals surface area contributed by atoms with Gasteiger partial charge in [0.2, 0.25) is 5.28 Å². The van der Waals surface area contributed by atoms with Crippen LogP contribution in [-0.2, 0) is 6.42 Å². The number of aromatic nitrogens is 4. The SMILES string of the molecule is Cc1nsc(SCCc2c(C)nc(Cl)nc2Cl)n1. The number of thioether (sulfide) groups is 1. The molecule has 0 aromatic carbocycles. The van der Waals surface area contributed by atoms with Crippen molar-refractivity contribution in [3.05, 3.63) is 27.5 Å². The molecule has 0 saturated heterocycles. The summed E-state index contributed by atoms with van der Waals surface area (Å²) in [5, 5.41) is 0.621. The molecule has 2 heterocycles. The molecule has 0 radical (unpaired) electrons. The molecule has 0 N–H and O–H groups in total. The molecule has 0 bridgehead atoms. The quantitative estimate of drug-likeness (QED) is 0.489. The molecular formula is C10H10Cl2N4S2. The minimum Gasteiger partial charge on any atom is -0.223 e. The lowest BCUT2D eigenvalue weighted by Crippen LogP contribution is -1.99. The third-order valence-electron chi connectivity index (χ3n) is 2.22. The van der Waals surface area contributed by atoms with Gasteiger partial charge in [0.15, 0.2) is 4.34 Å². The van der Waals surface area contributed by atoms with Crippen LogP contribution in [0.2, 0.25) is 10.4 Å². The highest BCUT2D eigenvalue weighted by Crippen LogP contribution is 2.24. The van der Waals surface area contributed by atoms with Crippen molar-refractivity contribution in [2.24, 2.45) is 0 Å². The van der Waals surface area contributed by atoms with Crippen molar-refractivity contribution < 1.29 is 0 Å². The maximum atomic E-state index is 6.05. The standard InChI is InChI=1S/C10H10Cl2N4S2/c1-5-7(8(11)15-9(12)13-5)3-4-17-10-14-6(2)16-18-10/h3-4H2,1-2H3. The molecule has 0 amide bonds. The Morgan fingerprint density at radius 2 is 1.94 bits per heavy atom. The van der Waals surface area contributed by atoms with Gasteiger partial charge in [-0.1, -0.05) is 23.4 Å². The fourth-order valence-corrected chi connectivity index (χ4v) is 3.63. The zero-order chi connectivity index (χ0) is 13.1. The summed E-state index contributed by atoms with van der Waals surface area (Å²) in [6.45, 7) is 3.77. The van der Waals surface area contributed by atoms with Crippen molar-refractivity contribution >= 4 is 46.5 Å². The first kappa shape index (κ1) is 14.0. The molecule has 4 nitrogen and oxygen atoms in total. The van der Waals surface area contributed by atoms with Crippen molar-refractivity contribution in [1.82, 2.24) is 19.3 Å². The maximum Gasteiger partial charge on any atom is 0.224 e. The Kier molecular flexibility index (Phi) is 4.77. The summed E-state index contributed by atoms with van der Waals surface area (Å²) in [6.07, 6.45) is 0.783. The summed E-state index contributed by atoms with van der Waals surface area (Å²) >= 11 is 14.8. The molecular weight excluding hydrogens is 311 g/mol. The second-order valence-corrected chi connectivity index (χ2v) is 6.34. The normalized spacial score (nSPS) is 10.9. The lowest BCUT2D eigenvalue weighted by atomic mass is 10.2. The zero-order valence-electron chi connectivity index (χ0n) is 9.78. The van der Waals surface area contributed by atoms with Gasteiger partial charge in [-0.25, -0.2) is 15.0 Å². The Balaban J connectivity index is 1.98. The molecule has 0 unspecified atom stereocenters. The molecule has 0 aliphatic rings. The molecule has 0 aliphatic heterocycles. The Hall–Kier alpha value is -0.430. The van der Waals surface area contributed by atoms with Gasteiger partial charge < -0.3 is 0 Å². The minimum absolute atomic E-state index is 0.189. The van der Waals surface area contributed by atoms with Gasteiger partial charge in [0.25, 0.3) is 0 Å². The number of halogens is 2. The predicted octanol–water partition coefficient (Wildman–Crippen LogP) is 3.59. The van der Waals surface area contributed by atoms with Crippen LogP contribution in [0.4, 0.5) is 0 Å². The van der Waals surface area contributed by atoms with E-state index in [4.69, 9.17) is 23.2 Å². The number of aryl methyl sites for hydroxylation is 2. The van der Waals surface area contributed by atoms with Crippen LogP contribution >= 0.6 is 46.5 Å². The van der Waals surface area contributed by atoms with E-state index in [2.05, 4.69) is 19.3 Å². The Morgan fingerprint density at radius 3 is 2.56 bits per heavy atom. The fourth-order valence-electron chi connectivity index (χ4n) is 1.39. The third kappa shape index (κ3) is 3.54. The second-order valence-electron chi connectivity index (χ2n) is 3.55. The van der Waals surface area contributed by atoms with E-state index in [0.29, 0.717) is 5.15 Å². The highest BCUT2D eigenvalue weighted by molar-refractivity contribution is 8.00. The van der Waals surface area contributed by atoms with Gasteiger partial charge in [0.1, 0.15) is 11.0 Å². The predicted molar refractivity (Wildman–Crippen MR) is 75.9 cm³/mol. The van der Waals surface area contributed by atoms with Gasteiger partial charge in [0, 0.05) is 17.0 Å². The van der Waals surface area contributed by atoms with E-state index in [0.717, 1.165) is 33.6 Å². The van der Waals surface area contributed by atoms with E-state index in [9.17, 15) is 0 Å². The van der Waals surface area contributed by atoms with Crippen LogP contribution in [0, 0.1) is 13.8 Å². The van der Waals surface area contributed by atoms with Crippen LogP contribution in [0.15, 0.2) is 4.34 Å². The Labute approximate surface area is 123 Å².